The van der Waals surface area contributed by atoms with Crippen LogP contribution in [0.3, 0.4) is 0 Å². The van der Waals surface area contributed by atoms with Gasteiger partial charge in [-0.2, -0.15) is 0 Å². The van der Waals surface area contributed by atoms with Gasteiger partial charge in [0.25, 0.3) is 15.9 Å². The van der Waals surface area contributed by atoms with E-state index in [9.17, 15) is 32.2 Å². The molecule has 1 amide bonds. The predicted octanol–water partition coefficient (Wildman–Crippen LogP) is 5.10. The van der Waals surface area contributed by atoms with Gasteiger partial charge in [-0.05, 0) is 77.9 Å². The van der Waals surface area contributed by atoms with Crippen LogP contribution in [0.25, 0.3) is 11.1 Å². The van der Waals surface area contributed by atoms with Gasteiger partial charge in [-0.15, -0.1) is 0 Å². The first-order chi connectivity index (χ1) is 16.6. The van der Waals surface area contributed by atoms with Gasteiger partial charge in [-0.25, -0.2) is 17.2 Å². The summed E-state index contributed by atoms with van der Waals surface area (Å²) >= 11 is 0. The molecule has 0 heterocycles. The molecule has 0 aliphatic heterocycles. The second-order valence-corrected chi connectivity index (χ2v) is 9.17. The number of nitrogens with one attached hydrogen (secondary N) is 2. The molecule has 0 saturated carbocycles. The number of benzene rings is 4. The maximum Gasteiger partial charge on any atom is 0.262 e. The molecule has 0 radical (unpaired) electrons. The summed E-state index contributed by atoms with van der Waals surface area (Å²) in [4.78, 5) is 12.4. The second kappa shape index (κ2) is 9.43. The summed E-state index contributed by atoms with van der Waals surface area (Å²) in [6, 6.07) is 18.2. The number of aromatic hydroxyl groups is 2. The molecule has 7 nitrogen and oxygen atoms in total. The lowest BCUT2D eigenvalue weighted by Gasteiger charge is -2.12. The van der Waals surface area contributed by atoms with Gasteiger partial charge in [0.05, 0.1) is 10.6 Å². The van der Waals surface area contributed by atoms with Crippen molar-refractivity contribution in [2.24, 2.45) is 0 Å². The zero-order valence-corrected chi connectivity index (χ0v) is 18.7. The Morgan fingerprint density at radius 2 is 1.37 bits per heavy atom. The number of phenols is 2. The van der Waals surface area contributed by atoms with Crippen LogP contribution in [-0.4, -0.2) is 24.5 Å². The van der Waals surface area contributed by atoms with E-state index in [1.54, 1.807) is 18.2 Å². The Balaban J connectivity index is 1.50. The number of sulfonamides is 1. The highest BCUT2D eigenvalue weighted by atomic mass is 32.2. The van der Waals surface area contributed by atoms with E-state index in [4.69, 9.17) is 0 Å². The summed E-state index contributed by atoms with van der Waals surface area (Å²) in [5.41, 5.74) is 1.44. The topological polar surface area (TPSA) is 116 Å². The minimum atomic E-state index is -4.12. The van der Waals surface area contributed by atoms with E-state index in [1.807, 2.05) is 0 Å². The van der Waals surface area contributed by atoms with Crippen molar-refractivity contribution in [1.29, 1.82) is 0 Å². The number of hydrogen-bond donors (Lipinski definition) is 4. The molecule has 4 rings (SSSR count). The molecule has 0 aliphatic carbocycles. The summed E-state index contributed by atoms with van der Waals surface area (Å²) in [5, 5.41) is 22.0. The average Bonchev–Trinajstić information content (AvgIpc) is 2.83. The van der Waals surface area contributed by atoms with Crippen LogP contribution in [0, 0.1) is 11.6 Å². The monoisotopic (exact) mass is 496 g/mol. The third kappa shape index (κ3) is 5.39. The van der Waals surface area contributed by atoms with Crippen LogP contribution >= 0.6 is 0 Å². The molecule has 0 bridgehead atoms. The minimum Gasteiger partial charge on any atom is -0.506 e. The fraction of sp³-hybridized carbons (Fsp3) is 0. The number of carbonyl (C=O) groups is 1. The Kier molecular flexibility index (Phi) is 6.39. The molecule has 178 valence electrons. The van der Waals surface area contributed by atoms with Crippen LogP contribution < -0.4 is 10.0 Å². The van der Waals surface area contributed by atoms with Gasteiger partial charge in [-0.1, -0.05) is 18.2 Å². The molecule has 35 heavy (non-hydrogen) atoms. The maximum absolute atomic E-state index is 13.6. The van der Waals surface area contributed by atoms with Gasteiger partial charge in [-0.3, -0.25) is 9.52 Å². The van der Waals surface area contributed by atoms with Crippen molar-refractivity contribution in [1.82, 2.24) is 0 Å². The van der Waals surface area contributed by atoms with E-state index in [1.165, 1.54) is 42.5 Å². The maximum atomic E-state index is 13.6. The number of rotatable bonds is 6. The standard InChI is InChI=1S/C25H18F2N2O5S/c26-18-6-9-20(10-7-18)35(33,34)29-22-14-19(8-12-24(22)31)28-25(32)16-3-1-15(2-4-16)17-5-11-23(30)21(27)13-17/h1-14,29-31H,(H,28,32). The predicted molar refractivity (Wildman–Crippen MR) is 127 cm³/mol. The first-order valence-electron chi connectivity index (χ1n) is 10.1. The average molecular weight is 496 g/mol. The molecule has 0 unspecified atom stereocenters. The van der Waals surface area contributed by atoms with Crippen LogP contribution in [-0.2, 0) is 10.0 Å². The molecule has 0 fully saturated rings. The quantitative estimate of drug-likeness (QED) is 0.219. The molecular weight excluding hydrogens is 478 g/mol. The molecule has 0 spiro atoms. The second-order valence-electron chi connectivity index (χ2n) is 7.49. The first kappa shape index (κ1) is 23.7. The molecule has 10 heteroatoms. The van der Waals surface area contributed by atoms with Gasteiger partial charge >= 0.3 is 0 Å². The molecule has 0 aromatic heterocycles. The Bertz CT molecular complexity index is 1510. The van der Waals surface area contributed by atoms with Crippen molar-refractivity contribution in [3.63, 3.8) is 0 Å². The first-order valence-corrected chi connectivity index (χ1v) is 11.6. The van der Waals surface area contributed by atoms with Crippen molar-refractivity contribution in [2.45, 2.75) is 4.90 Å². The third-order valence-electron chi connectivity index (χ3n) is 5.05. The highest BCUT2D eigenvalue weighted by molar-refractivity contribution is 7.92. The lowest BCUT2D eigenvalue weighted by Crippen LogP contribution is -2.14. The van der Waals surface area contributed by atoms with E-state index in [2.05, 4.69) is 10.0 Å². The summed E-state index contributed by atoms with van der Waals surface area (Å²) in [6.45, 7) is 0. The van der Waals surface area contributed by atoms with Gasteiger partial charge in [0.2, 0.25) is 0 Å². The molecule has 0 aliphatic rings. The van der Waals surface area contributed by atoms with E-state index in [0.29, 0.717) is 11.1 Å². The van der Waals surface area contributed by atoms with E-state index < -0.39 is 33.3 Å². The Labute approximate surface area is 199 Å². The van der Waals surface area contributed by atoms with Crippen molar-refractivity contribution in [3.8, 4) is 22.6 Å². The van der Waals surface area contributed by atoms with Crippen molar-refractivity contribution >= 4 is 27.3 Å². The lowest BCUT2D eigenvalue weighted by molar-refractivity contribution is 0.102. The molecule has 4 N–H and O–H groups in total. The van der Waals surface area contributed by atoms with E-state index in [0.717, 1.165) is 24.3 Å². The van der Waals surface area contributed by atoms with Crippen LogP contribution in [0.4, 0.5) is 20.2 Å². The van der Waals surface area contributed by atoms with Crippen LogP contribution in [0.1, 0.15) is 10.4 Å². The smallest absolute Gasteiger partial charge is 0.262 e. The largest absolute Gasteiger partial charge is 0.506 e. The molecule has 0 atom stereocenters. The Morgan fingerprint density at radius 1 is 0.743 bits per heavy atom. The number of anilines is 2. The van der Waals surface area contributed by atoms with Crippen LogP contribution in [0.15, 0.2) is 89.8 Å². The van der Waals surface area contributed by atoms with Gasteiger partial charge in [0, 0.05) is 11.3 Å². The number of halogens is 2. The van der Waals surface area contributed by atoms with Crippen molar-refractivity contribution in [2.75, 3.05) is 10.0 Å². The zero-order valence-electron chi connectivity index (χ0n) is 17.9. The normalized spacial score (nSPS) is 11.1. The molecule has 0 saturated heterocycles. The van der Waals surface area contributed by atoms with Gasteiger partial charge in [0.15, 0.2) is 11.6 Å². The number of carbonyl (C=O) groups excluding carboxylic acids is 1. The number of phenolic OH excluding ortho intramolecular Hbond substituents is 2. The van der Waals surface area contributed by atoms with Crippen molar-refractivity contribution in [3.05, 3.63) is 102 Å². The molecule has 4 aromatic carbocycles. The van der Waals surface area contributed by atoms with Crippen LogP contribution in [0.5, 0.6) is 11.5 Å². The SMILES string of the molecule is O=C(Nc1ccc(O)c(NS(=O)(=O)c2ccc(F)cc2)c1)c1ccc(-c2ccc(O)c(F)c2)cc1. The summed E-state index contributed by atoms with van der Waals surface area (Å²) < 4.78 is 54.0. The van der Waals surface area contributed by atoms with Gasteiger partial charge in [0.1, 0.15) is 11.6 Å². The Morgan fingerprint density at radius 3 is 2.03 bits per heavy atom. The summed E-state index contributed by atoms with van der Waals surface area (Å²) in [5.74, 6) is -2.70. The minimum absolute atomic E-state index is 0.183. The van der Waals surface area contributed by atoms with Crippen LogP contribution in [0.2, 0.25) is 0 Å². The highest BCUT2D eigenvalue weighted by Gasteiger charge is 2.17. The Hall–Kier alpha value is -4.44. The highest BCUT2D eigenvalue weighted by Crippen LogP contribution is 2.30. The summed E-state index contributed by atoms with van der Waals surface area (Å²) in [7, 11) is -4.12. The fourth-order valence-corrected chi connectivity index (χ4v) is 4.28. The lowest BCUT2D eigenvalue weighted by atomic mass is 10.0. The number of amides is 1. The van der Waals surface area contributed by atoms with E-state index in [-0.39, 0.29) is 27.6 Å². The summed E-state index contributed by atoms with van der Waals surface area (Å²) in [6.07, 6.45) is 0. The number of hydrogen-bond acceptors (Lipinski definition) is 5. The molecule has 4 aromatic rings. The van der Waals surface area contributed by atoms with Crippen molar-refractivity contribution < 1.29 is 32.2 Å². The van der Waals surface area contributed by atoms with E-state index >= 15 is 0 Å². The zero-order chi connectivity index (χ0) is 25.2. The third-order valence-corrected chi connectivity index (χ3v) is 6.43. The fourth-order valence-electron chi connectivity index (χ4n) is 3.22. The van der Waals surface area contributed by atoms with Gasteiger partial charge < -0.3 is 15.5 Å². The molecular formula is C25H18F2N2O5S.